The number of methoxy groups -OCH3 is 1. The van der Waals surface area contributed by atoms with E-state index >= 15 is 0 Å². The van der Waals surface area contributed by atoms with Gasteiger partial charge in [-0.1, -0.05) is 30.3 Å². The van der Waals surface area contributed by atoms with E-state index in [0.717, 1.165) is 16.9 Å². The highest BCUT2D eigenvalue weighted by Gasteiger charge is 2.24. The lowest BCUT2D eigenvalue weighted by molar-refractivity contribution is 0.0303. The summed E-state index contributed by atoms with van der Waals surface area (Å²) in [6.45, 7) is 2.96. The molecule has 0 unspecified atom stereocenters. The Bertz CT molecular complexity index is 929. The highest BCUT2D eigenvalue weighted by atomic mass is 16.5. The van der Waals surface area contributed by atoms with Crippen molar-refractivity contribution >= 4 is 5.91 Å². The summed E-state index contributed by atoms with van der Waals surface area (Å²) in [5.41, 5.74) is 3.33. The predicted octanol–water partition coefficient (Wildman–Crippen LogP) is 3.08. The van der Waals surface area contributed by atoms with Gasteiger partial charge in [0.1, 0.15) is 11.4 Å². The van der Waals surface area contributed by atoms with E-state index in [4.69, 9.17) is 14.6 Å². The quantitative estimate of drug-likeness (QED) is 0.686. The molecule has 28 heavy (non-hydrogen) atoms. The number of rotatable bonds is 5. The molecule has 0 radical (unpaired) electrons. The van der Waals surface area contributed by atoms with E-state index in [2.05, 4.69) is 12.1 Å². The number of ether oxygens (including phenoxy) is 2. The van der Waals surface area contributed by atoms with Gasteiger partial charge < -0.3 is 14.4 Å². The van der Waals surface area contributed by atoms with E-state index in [1.54, 1.807) is 7.11 Å². The SMILES string of the molecule is COc1ccc(-c2nn(Cc3ccccc3)cc2C(=O)N2CCOCC2)cc1. The lowest BCUT2D eigenvalue weighted by Gasteiger charge is -2.26. The predicted molar refractivity (Wildman–Crippen MR) is 106 cm³/mol. The van der Waals surface area contributed by atoms with Crippen LogP contribution in [-0.2, 0) is 11.3 Å². The van der Waals surface area contributed by atoms with Crippen LogP contribution in [0.25, 0.3) is 11.3 Å². The summed E-state index contributed by atoms with van der Waals surface area (Å²) in [4.78, 5) is 15.0. The molecule has 144 valence electrons. The smallest absolute Gasteiger partial charge is 0.257 e. The molecule has 6 heteroatoms. The van der Waals surface area contributed by atoms with Crippen molar-refractivity contribution in [3.63, 3.8) is 0 Å². The summed E-state index contributed by atoms with van der Waals surface area (Å²) in [5, 5.41) is 4.74. The molecule has 1 fully saturated rings. The Kier molecular flexibility index (Phi) is 5.39. The fourth-order valence-corrected chi connectivity index (χ4v) is 3.33. The lowest BCUT2D eigenvalue weighted by atomic mass is 10.1. The van der Waals surface area contributed by atoms with Gasteiger partial charge in [-0.2, -0.15) is 5.10 Å². The zero-order valence-electron chi connectivity index (χ0n) is 15.9. The maximum atomic E-state index is 13.2. The number of aromatic nitrogens is 2. The molecule has 1 saturated heterocycles. The Labute approximate surface area is 164 Å². The largest absolute Gasteiger partial charge is 0.497 e. The van der Waals surface area contributed by atoms with Gasteiger partial charge in [0.2, 0.25) is 0 Å². The summed E-state index contributed by atoms with van der Waals surface area (Å²) >= 11 is 0. The fraction of sp³-hybridized carbons (Fsp3) is 0.273. The molecule has 0 spiro atoms. The van der Waals surface area contributed by atoms with E-state index < -0.39 is 0 Å². The summed E-state index contributed by atoms with van der Waals surface area (Å²) in [7, 11) is 1.64. The number of hydrogen-bond donors (Lipinski definition) is 0. The Morgan fingerprint density at radius 3 is 2.46 bits per heavy atom. The van der Waals surface area contributed by atoms with E-state index in [-0.39, 0.29) is 5.91 Å². The van der Waals surface area contributed by atoms with Crippen LogP contribution in [0.2, 0.25) is 0 Å². The number of carbonyl (C=O) groups is 1. The summed E-state index contributed by atoms with van der Waals surface area (Å²) in [6.07, 6.45) is 1.85. The van der Waals surface area contributed by atoms with Crippen LogP contribution in [0, 0.1) is 0 Å². The van der Waals surface area contributed by atoms with Gasteiger partial charge in [-0.25, -0.2) is 0 Å². The van der Waals surface area contributed by atoms with Crippen LogP contribution in [0.5, 0.6) is 5.75 Å². The summed E-state index contributed by atoms with van der Waals surface area (Å²) in [5.74, 6) is 0.766. The molecule has 0 bridgehead atoms. The minimum Gasteiger partial charge on any atom is -0.497 e. The molecular formula is C22H23N3O3. The molecule has 0 saturated carbocycles. The molecule has 6 nitrogen and oxygen atoms in total. The van der Waals surface area contributed by atoms with Crippen LogP contribution < -0.4 is 4.74 Å². The van der Waals surface area contributed by atoms with Gasteiger partial charge in [0.15, 0.2) is 0 Å². The first-order valence-electron chi connectivity index (χ1n) is 9.37. The molecule has 1 aromatic heterocycles. The standard InChI is InChI=1S/C22H23N3O3/c1-27-19-9-7-18(8-10-19)21-20(22(26)24-11-13-28-14-12-24)16-25(23-21)15-17-5-3-2-4-6-17/h2-10,16H,11-15H2,1H3. The molecule has 1 aliphatic heterocycles. The number of amides is 1. The van der Waals surface area contributed by atoms with E-state index in [1.807, 2.05) is 58.2 Å². The first kappa shape index (κ1) is 18.3. The summed E-state index contributed by atoms with van der Waals surface area (Å²) in [6, 6.07) is 17.7. The molecule has 0 atom stereocenters. The minimum atomic E-state index is -0.00608. The van der Waals surface area contributed by atoms with Gasteiger partial charge in [0, 0.05) is 24.8 Å². The van der Waals surface area contributed by atoms with Crippen LogP contribution in [0.3, 0.4) is 0 Å². The number of carbonyl (C=O) groups excluding carboxylic acids is 1. The van der Waals surface area contributed by atoms with Crippen molar-refractivity contribution in [3.8, 4) is 17.0 Å². The zero-order chi connectivity index (χ0) is 19.3. The zero-order valence-corrected chi connectivity index (χ0v) is 15.9. The monoisotopic (exact) mass is 377 g/mol. The van der Waals surface area contributed by atoms with Gasteiger partial charge in [-0.3, -0.25) is 9.48 Å². The molecule has 3 aromatic rings. The van der Waals surface area contributed by atoms with Gasteiger partial charge in [-0.15, -0.1) is 0 Å². The Morgan fingerprint density at radius 1 is 1.07 bits per heavy atom. The third-order valence-corrected chi connectivity index (χ3v) is 4.84. The molecule has 0 N–H and O–H groups in total. The van der Waals surface area contributed by atoms with Gasteiger partial charge in [0.05, 0.1) is 32.4 Å². The molecule has 1 aliphatic rings. The first-order valence-corrected chi connectivity index (χ1v) is 9.37. The lowest BCUT2D eigenvalue weighted by Crippen LogP contribution is -2.40. The normalized spacial score (nSPS) is 14.1. The third-order valence-electron chi connectivity index (χ3n) is 4.84. The van der Waals surface area contributed by atoms with Gasteiger partial charge in [0.25, 0.3) is 5.91 Å². The number of hydrogen-bond acceptors (Lipinski definition) is 4. The third kappa shape index (κ3) is 3.92. The summed E-state index contributed by atoms with van der Waals surface area (Å²) < 4.78 is 12.5. The van der Waals surface area contributed by atoms with Crippen molar-refractivity contribution < 1.29 is 14.3 Å². The van der Waals surface area contributed by atoms with Gasteiger partial charge in [-0.05, 0) is 29.8 Å². The highest BCUT2D eigenvalue weighted by Crippen LogP contribution is 2.26. The van der Waals surface area contributed by atoms with Crippen LogP contribution in [-0.4, -0.2) is 54.0 Å². The van der Waals surface area contributed by atoms with Crippen LogP contribution in [0.1, 0.15) is 15.9 Å². The second-order valence-corrected chi connectivity index (χ2v) is 6.71. The molecule has 4 rings (SSSR count). The molecule has 2 heterocycles. The van der Waals surface area contributed by atoms with Crippen LogP contribution in [0.4, 0.5) is 0 Å². The number of morpholine rings is 1. The maximum Gasteiger partial charge on any atom is 0.257 e. The average Bonchev–Trinajstić information content (AvgIpc) is 3.18. The molecule has 2 aromatic carbocycles. The minimum absolute atomic E-state index is 0.00608. The fourth-order valence-electron chi connectivity index (χ4n) is 3.33. The molecular weight excluding hydrogens is 354 g/mol. The number of nitrogens with zero attached hydrogens (tertiary/aromatic N) is 3. The van der Waals surface area contributed by atoms with Crippen molar-refractivity contribution in [2.45, 2.75) is 6.54 Å². The Hall–Kier alpha value is -3.12. The maximum absolute atomic E-state index is 13.2. The average molecular weight is 377 g/mol. The Balaban J connectivity index is 1.69. The highest BCUT2D eigenvalue weighted by molar-refractivity contribution is 5.99. The van der Waals surface area contributed by atoms with E-state index in [1.165, 1.54) is 0 Å². The van der Waals surface area contributed by atoms with Crippen LogP contribution >= 0.6 is 0 Å². The van der Waals surface area contributed by atoms with Crippen molar-refractivity contribution in [1.29, 1.82) is 0 Å². The molecule has 1 amide bonds. The topological polar surface area (TPSA) is 56.6 Å². The van der Waals surface area contributed by atoms with Gasteiger partial charge >= 0.3 is 0 Å². The second-order valence-electron chi connectivity index (χ2n) is 6.71. The van der Waals surface area contributed by atoms with E-state index in [9.17, 15) is 4.79 Å². The van der Waals surface area contributed by atoms with E-state index in [0.29, 0.717) is 44.1 Å². The molecule has 0 aliphatic carbocycles. The second kappa shape index (κ2) is 8.27. The van der Waals surface area contributed by atoms with Crippen molar-refractivity contribution in [2.24, 2.45) is 0 Å². The van der Waals surface area contributed by atoms with Crippen LogP contribution in [0.15, 0.2) is 60.8 Å². The number of benzene rings is 2. The Morgan fingerprint density at radius 2 is 1.79 bits per heavy atom. The van der Waals surface area contributed by atoms with Crippen molar-refractivity contribution in [2.75, 3.05) is 33.4 Å². The first-order chi connectivity index (χ1) is 13.7. The van der Waals surface area contributed by atoms with Crippen molar-refractivity contribution in [3.05, 3.63) is 71.9 Å². The van der Waals surface area contributed by atoms with Crippen molar-refractivity contribution in [1.82, 2.24) is 14.7 Å².